The molecule has 3 nitrogen and oxygen atoms in total. The first-order valence-corrected chi connectivity index (χ1v) is 8.14. The third-order valence-corrected chi connectivity index (χ3v) is 5.58. The first kappa shape index (κ1) is 15.3. The molecule has 2 atom stereocenters. The largest absolute Gasteiger partial charge is 0.380 e. The van der Waals surface area contributed by atoms with Crippen molar-refractivity contribution in [2.24, 2.45) is 17.1 Å². The molecule has 2 N–H and O–H groups in total. The fourth-order valence-corrected chi connectivity index (χ4v) is 3.86. The molecule has 2 rings (SSSR count). The van der Waals surface area contributed by atoms with Crippen molar-refractivity contribution >= 4 is 0 Å². The van der Waals surface area contributed by atoms with Crippen LogP contribution in [0.15, 0.2) is 0 Å². The first-order chi connectivity index (χ1) is 9.19. The number of ether oxygens (including phenoxy) is 1. The average molecular weight is 268 g/mol. The summed E-state index contributed by atoms with van der Waals surface area (Å²) in [4.78, 5) is 2.60. The lowest BCUT2D eigenvalue weighted by Crippen LogP contribution is -2.46. The highest BCUT2D eigenvalue weighted by Gasteiger charge is 2.32. The third-order valence-electron chi connectivity index (χ3n) is 5.58. The summed E-state index contributed by atoms with van der Waals surface area (Å²) in [5.74, 6) is 0.708. The van der Waals surface area contributed by atoms with E-state index in [0.717, 1.165) is 13.1 Å². The van der Waals surface area contributed by atoms with Crippen LogP contribution in [-0.2, 0) is 4.74 Å². The van der Waals surface area contributed by atoms with Gasteiger partial charge in [0.1, 0.15) is 0 Å². The van der Waals surface area contributed by atoms with Gasteiger partial charge >= 0.3 is 0 Å². The van der Waals surface area contributed by atoms with Gasteiger partial charge in [0.15, 0.2) is 0 Å². The molecule has 2 fully saturated rings. The molecule has 1 aliphatic heterocycles. The SMILES string of the molecule is COC1CN(CCC2(CN)CCCCC2)CCC1C. The quantitative estimate of drug-likeness (QED) is 0.833. The summed E-state index contributed by atoms with van der Waals surface area (Å²) in [6, 6.07) is 0. The molecule has 0 bridgehead atoms. The van der Waals surface area contributed by atoms with E-state index < -0.39 is 0 Å². The van der Waals surface area contributed by atoms with E-state index in [-0.39, 0.29) is 0 Å². The highest BCUT2D eigenvalue weighted by atomic mass is 16.5. The molecule has 112 valence electrons. The lowest BCUT2D eigenvalue weighted by molar-refractivity contribution is -0.00965. The molecule has 0 amide bonds. The van der Waals surface area contributed by atoms with Crippen molar-refractivity contribution in [3.63, 3.8) is 0 Å². The number of hydrogen-bond acceptors (Lipinski definition) is 3. The van der Waals surface area contributed by atoms with E-state index in [1.807, 2.05) is 7.11 Å². The lowest BCUT2D eigenvalue weighted by atomic mass is 9.71. The van der Waals surface area contributed by atoms with Gasteiger partial charge in [0.2, 0.25) is 0 Å². The van der Waals surface area contributed by atoms with Crippen LogP contribution in [0.1, 0.15) is 51.9 Å². The minimum absolute atomic E-state index is 0.425. The molecule has 0 aromatic heterocycles. The second kappa shape index (κ2) is 7.05. The fourth-order valence-electron chi connectivity index (χ4n) is 3.86. The maximum Gasteiger partial charge on any atom is 0.0724 e. The molecule has 0 spiro atoms. The van der Waals surface area contributed by atoms with Crippen LogP contribution in [-0.4, -0.2) is 44.3 Å². The zero-order chi connectivity index (χ0) is 13.7. The van der Waals surface area contributed by atoms with E-state index in [4.69, 9.17) is 10.5 Å². The molecule has 0 radical (unpaired) electrons. The Labute approximate surface area is 118 Å². The topological polar surface area (TPSA) is 38.5 Å². The van der Waals surface area contributed by atoms with Gasteiger partial charge in [0.05, 0.1) is 6.10 Å². The van der Waals surface area contributed by atoms with Crippen molar-refractivity contribution in [3.8, 4) is 0 Å². The molecule has 2 unspecified atom stereocenters. The van der Waals surface area contributed by atoms with Gasteiger partial charge in [0, 0.05) is 13.7 Å². The summed E-state index contributed by atoms with van der Waals surface area (Å²) >= 11 is 0. The van der Waals surface area contributed by atoms with Gasteiger partial charge in [-0.15, -0.1) is 0 Å². The monoisotopic (exact) mass is 268 g/mol. The molecule has 0 aromatic carbocycles. The van der Waals surface area contributed by atoms with Gasteiger partial charge in [-0.2, -0.15) is 0 Å². The number of hydrogen-bond donors (Lipinski definition) is 1. The van der Waals surface area contributed by atoms with Crippen LogP contribution in [0.5, 0.6) is 0 Å². The number of rotatable bonds is 5. The zero-order valence-corrected chi connectivity index (χ0v) is 12.9. The maximum absolute atomic E-state index is 6.09. The predicted octanol–water partition coefficient (Wildman–Crippen LogP) is 2.64. The van der Waals surface area contributed by atoms with Crippen molar-refractivity contribution in [2.45, 2.75) is 58.0 Å². The van der Waals surface area contributed by atoms with E-state index >= 15 is 0 Å². The average Bonchev–Trinajstić information content (AvgIpc) is 2.47. The van der Waals surface area contributed by atoms with E-state index in [9.17, 15) is 0 Å². The number of piperidine rings is 1. The number of nitrogens with two attached hydrogens (primary N) is 1. The summed E-state index contributed by atoms with van der Waals surface area (Å²) in [6.07, 6.45) is 9.86. The van der Waals surface area contributed by atoms with Gasteiger partial charge in [-0.1, -0.05) is 26.2 Å². The summed E-state index contributed by atoms with van der Waals surface area (Å²) < 4.78 is 5.61. The van der Waals surface area contributed by atoms with Gasteiger partial charge in [0.25, 0.3) is 0 Å². The Balaban J connectivity index is 1.80. The van der Waals surface area contributed by atoms with Crippen LogP contribution >= 0.6 is 0 Å². The smallest absolute Gasteiger partial charge is 0.0724 e. The van der Waals surface area contributed by atoms with Crippen molar-refractivity contribution in [2.75, 3.05) is 33.3 Å². The Morgan fingerprint density at radius 2 is 2.00 bits per heavy atom. The van der Waals surface area contributed by atoms with Crippen molar-refractivity contribution < 1.29 is 4.74 Å². The molecule has 1 saturated carbocycles. The normalized spacial score (nSPS) is 32.4. The molecule has 19 heavy (non-hydrogen) atoms. The molecule has 1 aliphatic carbocycles. The number of nitrogens with zero attached hydrogens (tertiary/aromatic N) is 1. The van der Waals surface area contributed by atoms with E-state index in [2.05, 4.69) is 11.8 Å². The molecule has 1 heterocycles. The molecular weight excluding hydrogens is 236 g/mol. The second-order valence-corrected chi connectivity index (χ2v) is 6.86. The van der Waals surface area contributed by atoms with Crippen LogP contribution < -0.4 is 5.73 Å². The van der Waals surface area contributed by atoms with Gasteiger partial charge in [-0.05, 0) is 56.7 Å². The van der Waals surface area contributed by atoms with Crippen LogP contribution in [0.2, 0.25) is 0 Å². The first-order valence-electron chi connectivity index (χ1n) is 8.14. The summed E-state index contributed by atoms with van der Waals surface area (Å²) in [6.45, 7) is 6.75. The minimum Gasteiger partial charge on any atom is -0.380 e. The van der Waals surface area contributed by atoms with E-state index in [0.29, 0.717) is 17.4 Å². The summed E-state index contributed by atoms with van der Waals surface area (Å²) in [5, 5.41) is 0. The Morgan fingerprint density at radius 3 is 2.63 bits per heavy atom. The lowest BCUT2D eigenvalue weighted by Gasteiger charge is -2.41. The van der Waals surface area contributed by atoms with Crippen molar-refractivity contribution in [1.29, 1.82) is 0 Å². The highest BCUT2D eigenvalue weighted by molar-refractivity contribution is 4.86. The Bertz CT molecular complexity index is 263. The third kappa shape index (κ3) is 3.93. The molecule has 3 heteroatoms. The van der Waals surface area contributed by atoms with Crippen LogP contribution in [0.4, 0.5) is 0 Å². The molecule has 2 aliphatic rings. The van der Waals surface area contributed by atoms with E-state index in [1.54, 1.807) is 0 Å². The van der Waals surface area contributed by atoms with Crippen molar-refractivity contribution in [1.82, 2.24) is 4.90 Å². The fraction of sp³-hybridized carbons (Fsp3) is 1.00. The van der Waals surface area contributed by atoms with Crippen LogP contribution in [0.25, 0.3) is 0 Å². The summed E-state index contributed by atoms with van der Waals surface area (Å²) in [5.41, 5.74) is 6.53. The van der Waals surface area contributed by atoms with E-state index in [1.165, 1.54) is 58.0 Å². The van der Waals surface area contributed by atoms with Crippen molar-refractivity contribution in [3.05, 3.63) is 0 Å². The highest BCUT2D eigenvalue weighted by Crippen LogP contribution is 2.38. The summed E-state index contributed by atoms with van der Waals surface area (Å²) in [7, 11) is 1.85. The molecule has 1 saturated heterocycles. The molecule has 0 aromatic rings. The Morgan fingerprint density at radius 1 is 1.26 bits per heavy atom. The maximum atomic E-state index is 6.09. The molecular formula is C16H32N2O. The standard InChI is InChI=1S/C16H32N2O/c1-14-6-10-18(12-15(14)19-2)11-9-16(13-17)7-4-3-5-8-16/h14-15H,3-13,17H2,1-2H3. The second-order valence-electron chi connectivity index (χ2n) is 6.86. The Hall–Kier alpha value is -0.120. The number of likely N-dealkylation sites (tertiary alicyclic amines) is 1. The van der Waals surface area contributed by atoms with Crippen LogP contribution in [0.3, 0.4) is 0 Å². The van der Waals surface area contributed by atoms with Gasteiger partial charge in [-0.3, -0.25) is 0 Å². The van der Waals surface area contributed by atoms with Crippen LogP contribution in [0, 0.1) is 11.3 Å². The predicted molar refractivity (Wildman–Crippen MR) is 80.2 cm³/mol. The van der Waals surface area contributed by atoms with Gasteiger partial charge in [-0.25, -0.2) is 0 Å². The number of methoxy groups -OCH3 is 1. The van der Waals surface area contributed by atoms with Gasteiger partial charge < -0.3 is 15.4 Å². The minimum atomic E-state index is 0.425. The Kier molecular flexibility index (Phi) is 5.67. The zero-order valence-electron chi connectivity index (χ0n) is 12.9.